The minimum atomic E-state index is -1.19. The smallest absolute Gasteiger partial charge is 0.432 e. The Kier molecular flexibility index (Phi) is 6.05. The van der Waals surface area contributed by atoms with Crippen LogP contribution in [0.3, 0.4) is 0 Å². The van der Waals surface area contributed by atoms with E-state index in [1.807, 2.05) is 12.1 Å². The monoisotopic (exact) mass is 572 g/mol. The fraction of sp³-hybridized carbons (Fsp3) is 0.360. The lowest BCUT2D eigenvalue weighted by molar-refractivity contribution is -0.141. The first-order valence-electron chi connectivity index (χ1n) is 11.5. The van der Waals surface area contributed by atoms with E-state index in [2.05, 4.69) is 45.1 Å². The third kappa shape index (κ3) is 3.85. The van der Waals surface area contributed by atoms with Crippen LogP contribution in [-0.2, 0) is 15.0 Å². The Morgan fingerprint density at radius 1 is 1.06 bits per heavy atom. The lowest BCUT2D eigenvalue weighted by atomic mass is 9.77. The SMILES string of the molecule is O=C(Nc1cccc2c1cnn2C(=O)O)[C@H]1CCCN1C(=O)C1(c2ccc(I)cc2)CCCC1. The van der Waals surface area contributed by atoms with Crippen molar-refractivity contribution in [3.05, 3.63) is 57.8 Å². The van der Waals surface area contributed by atoms with Gasteiger partial charge in [0, 0.05) is 15.5 Å². The molecule has 1 atom stereocenters. The Morgan fingerprint density at radius 2 is 1.79 bits per heavy atom. The van der Waals surface area contributed by atoms with Gasteiger partial charge in [-0.15, -0.1) is 0 Å². The molecule has 0 unspecified atom stereocenters. The molecule has 3 aromatic rings. The minimum Gasteiger partial charge on any atom is -0.463 e. The Labute approximate surface area is 210 Å². The number of likely N-dealkylation sites (tertiary alicyclic amines) is 1. The van der Waals surface area contributed by atoms with Gasteiger partial charge in [-0.2, -0.15) is 9.78 Å². The maximum Gasteiger partial charge on any atom is 0.432 e. The molecule has 1 aromatic heterocycles. The second-order valence-corrected chi connectivity index (χ2v) is 10.3. The Morgan fingerprint density at radius 3 is 2.50 bits per heavy atom. The van der Waals surface area contributed by atoms with Gasteiger partial charge in [-0.3, -0.25) is 9.59 Å². The molecule has 0 bridgehead atoms. The van der Waals surface area contributed by atoms with Crippen LogP contribution >= 0.6 is 22.6 Å². The van der Waals surface area contributed by atoms with Crippen molar-refractivity contribution in [2.45, 2.75) is 50.0 Å². The molecule has 2 aliphatic rings. The summed E-state index contributed by atoms with van der Waals surface area (Å²) in [6.45, 7) is 0.560. The van der Waals surface area contributed by atoms with Crippen molar-refractivity contribution in [2.24, 2.45) is 0 Å². The summed E-state index contributed by atoms with van der Waals surface area (Å²) in [7, 11) is 0. The van der Waals surface area contributed by atoms with Gasteiger partial charge in [0.2, 0.25) is 11.8 Å². The molecule has 1 aliphatic heterocycles. The number of halogens is 1. The topological polar surface area (TPSA) is 105 Å². The average molecular weight is 572 g/mol. The lowest BCUT2D eigenvalue weighted by Gasteiger charge is -2.35. The van der Waals surface area contributed by atoms with Crippen LogP contribution in [0.2, 0.25) is 0 Å². The predicted octanol–water partition coefficient (Wildman–Crippen LogP) is 4.61. The molecule has 34 heavy (non-hydrogen) atoms. The van der Waals surface area contributed by atoms with Crippen molar-refractivity contribution in [1.29, 1.82) is 0 Å². The highest BCUT2D eigenvalue weighted by atomic mass is 127. The zero-order valence-electron chi connectivity index (χ0n) is 18.5. The molecular formula is C25H25IN4O4. The minimum absolute atomic E-state index is 0.0424. The van der Waals surface area contributed by atoms with Gasteiger partial charge < -0.3 is 15.3 Å². The van der Waals surface area contributed by atoms with Gasteiger partial charge in [-0.05, 0) is 78.1 Å². The molecule has 2 heterocycles. The maximum atomic E-state index is 14.0. The number of carbonyl (C=O) groups is 3. The van der Waals surface area contributed by atoms with Crippen molar-refractivity contribution in [3.8, 4) is 0 Å². The van der Waals surface area contributed by atoms with E-state index in [1.54, 1.807) is 23.1 Å². The quantitative estimate of drug-likeness (QED) is 0.445. The van der Waals surface area contributed by atoms with Crippen LogP contribution in [0.15, 0.2) is 48.7 Å². The van der Waals surface area contributed by atoms with E-state index in [0.29, 0.717) is 29.6 Å². The number of amides is 2. The number of hydrogen-bond acceptors (Lipinski definition) is 4. The first-order chi connectivity index (χ1) is 16.4. The zero-order chi connectivity index (χ0) is 23.9. The number of rotatable bonds is 4. The molecule has 2 aromatic carbocycles. The summed E-state index contributed by atoms with van der Waals surface area (Å²) in [4.78, 5) is 40.5. The van der Waals surface area contributed by atoms with E-state index in [4.69, 9.17) is 0 Å². The molecule has 2 N–H and O–H groups in total. The van der Waals surface area contributed by atoms with Crippen molar-refractivity contribution < 1.29 is 19.5 Å². The molecule has 5 rings (SSSR count). The fourth-order valence-corrected chi connectivity index (χ4v) is 5.82. The second-order valence-electron chi connectivity index (χ2n) is 9.02. The van der Waals surface area contributed by atoms with Crippen LogP contribution in [0, 0.1) is 3.57 Å². The first kappa shape index (κ1) is 22.8. The number of aromatic nitrogens is 2. The van der Waals surface area contributed by atoms with Gasteiger partial charge in [0.1, 0.15) is 6.04 Å². The molecule has 8 nitrogen and oxygen atoms in total. The Bertz CT molecular complexity index is 1260. The van der Waals surface area contributed by atoms with E-state index in [0.717, 1.165) is 45.9 Å². The van der Waals surface area contributed by atoms with Gasteiger partial charge in [-0.1, -0.05) is 31.0 Å². The standard InChI is InChI=1S/C25H25IN4O4/c26-17-10-8-16(9-11-17)25(12-1-2-13-25)23(32)29-14-4-7-21(29)22(31)28-19-5-3-6-20-18(19)15-27-30(20)24(33)34/h3,5-6,8-11,15,21H,1-2,4,7,12-14H2,(H,28,31)(H,33,34)/t21-/m1/s1. The zero-order valence-corrected chi connectivity index (χ0v) is 20.7. The molecule has 1 saturated carbocycles. The number of nitrogens with one attached hydrogen (secondary N) is 1. The predicted molar refractivity (Wildman–Crippen MR) is 136 cm³/mol. The van der Waals surface area contributed by atoms with Crippen molar-refractivity contribution in [3.63, 3.8) is 0 Å². The largest absolute Gasteiger partial charge is 0.463 e. The summed E-state index contributed by atoms with van der Waals surface area (Å²) in [5.41, 5.74) is 1.35. The van der Waals surface area contributed by atoms with E-state index >= 15 is 0 Å². The van der Waals surface area contributed by atoms with Crippen LogP contribution < -0.4 is 5.32 Å². The summed E-state index contributed by atoms with van der Waals surface area (Å²) in [6, 6.07) is 12.7. The fourth-order valence-electron chi connectivity index (χ4n) is 5.46. The summed E-state index contributed by atoms with van der Waals surface area (Å²) in [6.07, 6.45) is 5.20. The van der Waals surface area contributed by atoms with Crippen molar-refractivity contribution in [2.75, 3.05) is 11.9 Å². The number of hydrogen-bond donors (Lipinski definition) is 2. The summed E-state index contributed by atoms with van der Waals surface area (Å²) >= 11 is 2.27. The number of carbonyl (C=O) groups excluding carboxylic acids is 2. The van der Waals surface area contributed by atoms with Crippen LogP contribution in [0.4, 0.5) is 10.5 Å². The molecule has 1 aliphatic carbocycles. The number of carboxylic acid groups (broad SMARTS) is 1. The van der Waals surface area contributed by atoms with E-state index in [-0.39, 0.29) is 11.8 Å². The number of nitrogens with zero attached hydrogens (tertiary/aromatic N) is 3. The second kappa shape index (κ2) is 9.01. The summed E-state index contributed by atoms with van der Waals surface area (Å²) in [5.74, 6) is -0.210. The summed E-state index contributed by atoms with van der Waals surface area (Å²) in [5, 5.41) is 16.7. The maximum absolute atomic E-state index is 14.0. The number of anilines is 1. The highest BCUT2D eigenvalue weighted by Crippen LogP contribution is 2.44. The molecule has 0 radical (unpaired) electrons. The lowest BCUT2D eigenvalue weighted by Crippen LogP contribution is -2.51. The number of fused-ring (bicyclic) bond motifs is 1. The van der Waals surface area contributed by atoms with E-state index in [1.165, 1.54) is 6.20 Å². The molecular weight excluding hydrogens is 547 g/mol. The van der Waals surface area contributed by atoms with Crippen LogP contribution in [0.1, 0.15) is 44.1 Å². The summed E-state index contributed by atoms with van der Waals surface area (Å²) < 4.78 is 2.00. The molecule has 2 fully saturated rings. The van der Waals surface area contributed by atoms with Gasteiger partial charge in [0.15, 0.2) is 0 Å². The van der Waals surface area contributed by atoms with Crippen LogP contribution in [0.5, 0.6) is 0 Å². The Hall–Kier alpha value is -2.95. The van der Waals surface area contributed by atoms with Crippen molar-refractivity contribution >= 4 is 57.1 Å². The Balaban J connectivity index is 1.41. The number of benzene rings is 2. The molecule has 0 spiro atoms. The third-order valence-electron chi connectivity index (χ3n) is 7.13. The average Bonchev–Trinajstić information content (AvgIpc) is 3.59. The van der Waals surface area contributed by atoms with Gasteiger partial charge in [0.05, 0.1) is 22.8 Å². The first-order valence-corrected chi connectivity index (χ1v) is 12.6. The normalized spacial score (nSPS) is 19.4. The van der Waals surface area contributed by atoms with Crippen LogP contribution in [0.25, 0.3) is 10.9 Å². The molecule has 176 valence electrons. The highest BCUT2D eigenvalue weighted by molar-refractivity contribution is 14.1. The van der Waals surface area contributed by atoms with Crippen molar-refractivity contribution in [1.82, 2.24) is 14.7 Å². The van der Waals surface area contributed by atoms with Crippen LogP contribution in [-0.4, -0.2) is 50.3 Å². The van der Waals surface area contributed by atoms with E-state index in [9.17, 15) is 19.5 Å². The van der Waals surface area contributed by atoms with Gasteiger partial charge in [-0.25, -0.2) is 4.79 Å². The van der Waals surface area contributed by atoms with Gasteiger partial charge >= 0.3 is 6.09 Å². The highest BCUT2D eigenvalue weighted by Gasteiger charge is 2.48. The molecule has 1 saturated heterocycles. The third-order valence-corrected chi connectivity index (χ3v) is 7.85. The van der Waals surface area contributed by atoms with Gasteiger partial charge in [0.25, 0.3) is 0 Å². The van der Waals surface area contributed by atoms with E-state index < -0.39 is 17.6 Å². The molecule has 9 heteroatoms. The molecule has 2 amide bonds.